The molecule has 0 fully saturated rings. The number of pyridine rings is 1. The van der Waals surface area contributed by atoms with Gasteiger partial charge in [-0.15, -0.1) is 0 Å². The monoisotopic (exact) mass is 377 g/mol. The molecule has 1 amide bonds. The third-order valence-electron chi connectivity index (χ3n) is 4.34. The number of nitrogens with zero attached hydrogens (tertiary/aromatic N) is 6. The zero-order valence-electron chi connectivity index (χ0n) is 15.0. The second kappa shape index (κ2) is 6.58. The summed E-state index contributed by atoms with van der Waals surface area (Å²) in [4.78, 5) is 31.7. The summed E-state index contributed by atoms with van der Waals surface area (Å²) in [7, 11) is 1.79. The van der Waals surface area contributed by atoms with E-state index in [2.05, 4.69) is 20.4 Å². The highest BCUT2D eigenvalue weighted by molar-refractivity contribution is 6.05. The number of imidazole rings is 1. The van der Waals surface area contributed by atoms with Crippen LogP contribution < -0.4 is 5.32 Å². The molecule has 0 radical (unpaired) electrons. The molecule has 0 spiro atoms. The first kappa shape index (κ1) is 17.3. The van der Waals surface area contributed by atoms with Crippen LogP contribution in [0.3, 0.4) is 0 Å². The second-order valence-electron chi connectivity index (χ2n) is 6.19. The fourth-order valence-corrected chi connectivity index (χ4v) is 3.01. The van der Waals surface area contributed by atoms with Crippen molar-refractivity contribution in [2.24, 2.45) is 7.05 Å². The molecule has 0 saturated heterocycles. The maximum absolute atomic E-state index is 12.6. The number of aromatic nitrogens is 5. The molecule has 0 atom stereocenters. The quantitative estimate of drug-likeness (QED) is 0.431. The van der Waals surface area contributed by atoms with Gasteiger partial charge in [0.1, 0.15) is 5.69 Å². The van der Waals surface area contributed by atoms with Gasteiger partial charge in [0.15, 0.2) is 5.65 Å². The molecule has 0 aliphatic carbocycles. The molecule has 28 heavy (non-hydrogen) atoms. The lowest BCUT2D eigenvalue weighted by Crippen LogP contribution is -2.13. The standard InChI is InChI=1S/C18H15N7O3/c1-11-14-8-13(9-20-17(14)23(2)22-11)21-18(26)12-3-4-15(16(7-12)25(27)28)24-6-5-19-10-24/h3-10H,1-2H3,(H,21,26). The molecule has 0 saturated carbocycles. The van der Waals surface area contributed by atoms with E-state index in [9.17, 15) is 14.9 Å². The topological polar surface area (TPSA) is 121 Å². The number of rotatable bonds is 4. The van der Waals surface area contributed by atoms with Crippen molar-refractivity contribution in [2.45, 2.75) is 6.92 Å². The van der Waals surface area contributed by atoms with Crippen molar-refractivity contribution >= 4 is 28.3 Å². The number of hydrogen-bond acceptors (Lipinski definition) is 6. The van der Waals surface area contributed by atoms with Gasteiger partial charge >= 0.3 is 0 Å². The molecule has 4 aromatic rings. The summed E-state index contributed by atoms with van der Waals surface area (Å²) in [6.07, 6.45) is 6.10. The fourth-order valence-electron chi connectivity index (χ4n) is 3.01. The van der Waals surface area contributed by atoms with E-state index in [-0.39, 0.29) is 11.3 Å². The summed E-state index contributed by atoms with van der Waals surface area (Å²) in [5.41, 5.74) is 2.28. The number of nitrogens with one attached hydrogen (secondary N) is 1. The van der Waals surface area contributed by atoms with E-state index < -0.39 is 10.8 Å². The molecular weight excluding hydrogens is 362 g/mol. The molecule has 4 rings (SSSR count). The van der Waals surface area contributed by atoms with Crippen LogP contribution in [-0.2, 0) is 7.05 Å². The van der Waals surface area contributed by atoms with Crippen molar-refractivity contribution in [2.75, 3.05) is 5.32 Å². The number of benzene rings is 1. The number of carbonyl (C=O) groups excluding carboxylic acids is 1. The lowest BCUT2D eigenvalue weighted by molar-refractivity contribution is -0.384. The number of fused-ring (bicyclic) bond motifs is 1. The fraction of sp³-hybridized carbons (Fsp3) is 0.111. The molecule has 140 valence electrons. The van der Waals surface area contributed by atoms with Gasteiger partial charge in [-0.2, -0.15) is 5.10 Å². The Labute approximate surface area is 158 Å². The minimum Gasteiger partial charge on any atom is -0.321 e. The first-order valence-corrected chi connectivity index (χ1v) is 8.31. The number of carbonyl (C=O) groups is 1. The third-order valence-corrected chi connectivity index (χ3v) is 4.34. The Hall–Kier alpha value is -4.08. The molecule has 1 N–H and O–H groups in total. The normalized spacial score (nSPS) is 10.9. The predicted molar refractivity (Wildman–Crippen MR) is 101 cm³/mol. The van der Waals surface area contributed by atoms with Crippen LogP contribution in [0.1, 0.15) is 16.1 Å². The Morgan fingerprint density at radius 1 is 1.29 bits per heavy atom. The molecule has 0 aliphatic heterocycles. The number of nitro benzene ring substituents is 1. The summed E-state index contributed by atoms with van der Waals surface area (Å²) >= 11 is 0. The number of anilines is 1. The smallest absolute Gasteiger partial charge is 0.294 e. The van der Waals surface area contributed by atoms with Gasteiger partial charge in [-0.1, -0.05) is 0 Å². The number of aryl methyl sites for hydroxylation is 2. The maximum atomic E-state index is 12.6. The van der Waals surface area contributed by atoms with Gasteiger partial charge in [-0.25, -0.2) is 9.97 Å². The summed E-state index contributed by atoms with van der Waals surface area (Å²) in [5, 5.41) is 19.3. The molecule has 3 heterocycles. The Balaban J connectivity index is 1.66. The van der Waals surface area contributed by atoms with Crippen LogP contribution in [0.4, 0.5) is 11.4 Å². The van der Waals surface area contributed by atoms with E-state index >= 15 is 0 Å². The largest absolute Gasteiger partial charge is 0.321 e. The van der Waals surface area contributed by atoms with Gasteiger partial charge in [-0.05, 0) is 25.1 Å². The van der Waals surface area contributed by atoms with Crippen molar-refractivity contribution in [3.05, 3.63) is 70.6 Å². The van der Waals surface area contributed by atoms with E-state index in [0.29, 0.717) is 17.0 Å². The molecule has 3 aromatic heterocycles. The number of hydrogen-bond donors (Lipinski definition) is 1. The van der Waals surface area contributed by atoms with Crippen LogP contribution in [0.5, 0.6) is 0 Å². The van der Waals surface area contributed by atoms with E-state index in [1.165, 1.54) is 41.5 Å². The van der Waals surface area contributed by atoms with Gasteiger partial charge in [0.2, 0.25) is 0 Å². The SMILES string of the molecule is Cc1nn(C)c2ncc(NC(=O)c3ccc(-n4ccnc4)c([N+](=O)[O-])c3)cc12. The van der Waals surface area contributed by atoms with Crippen LogP contribution >= 0.6 is 0 Å². The molecule has 1 aromatic carbocycles. The first-order valence-electron chi connectivity index (χ1n) is 8.31. The molecular formula is C18H15N7O3. The highest BCUT2D eigenvalue weighted by Gasteiger charge is 2.19. The average Bonchev–Trinajstić information content (AvgIpc) is 3.30. The van der Waals surface area contributed by atoms with E-state index in [4.69, 9.17) is 0 Å². The van der Waals surface area contributed by atoms with Gasteiger partial charge in [0.25, 0.3) is 11.6 Å². The van der Waals surface area contributed by atoms with Crippen LogP contribution in [0.25, 0.3) is 16.7 Å². The first-order chi connectivity index (χ1) is 13.4. The maximum Gasteiger partial charge on any atom is 0.294 e. The minimum absolute atomic E-state index is 0.165. The average molecular weight is 377 g/mol. The van der Waals surface area contributed by atoms with Crippen molar-refractivity contribution in [1.29, 1.82) is 0 Å². The zero-order chi connectivity index (χ0) is 19.8. The van der Waals surface area contributed by atoms with Crippen LogP contribution in [0.15, 0.2) is 49.2 Å². The van der Waals surface area contributed by atoms with Crippen LogP contribution in [-0.4, -0.2) is 35.1 Å². The number of amides is 1. The van der Waals surface area contributed by atoms with Crippen LogP contribution in [0, 0.1) is 17.0 Å². The Kier molecular flexibility index (Phi) is 4.07. The van der Waals surface area contributed by atoms with Crippen molar-refractivity contribution in [3.63, 3.8) is 0 Å². The highest BCUT2D eigenvalue weighted by Crippen LogP contribution is 2.25. The Morgan fingerprint density at radius 2 is 2.11 bits per heavy atom. The summed E-state index contributed by atoms with van der Waals surface area (Å²) in [6.45, 7) is 1.85. The lowest BCUT2D eigenvalue weighted by atomic mass is 10.1. The molecule has 0 aliphatic rings. The number of nitro groups is 1. The zero-order valence-corrected chi connectivity index (χ0v) is 15.0. The van der Waals surface area contributed by atoms with Gasteiger partial charge in [-0.3, -0.25) is 19.6 Å². The van der Waals surface area contributed by atoms with E-state index in [1.54, 1.807) is 24.0 Å². The van der Waals surface area contributed by atoms with Crippen molar-refractivity contribution < 1.29 is 9.72 Å². The summed E-state index contributed by atoms with van der Waals surface area (Å²) in [5.74, 6) is -0.469. The molecule has 10 heteroatoms. The van der Waals surface area contributed by atoms with Crippen molar-refractivity contribution in [3.8, 4) is 5.69 Å². The second-order valence-corrected chi connectivity index (χ2v) is 6.19. The molecule has 10 nitrogen and oxygen atoms in total. The Bertz CT molecular complexity index is 1210. The molecule has 0 bridgehead atoms. The lowest BCUT2D eigenvalue weighted by Gasteiger charge is -2.08. The molecule has 0 unspecified atom stereocenters. The highest BCUT2D eigenvalue weighted by atomic mass is 16.6. The predicted octanol–water partition coefficient (Wildman–Crippen LogP) is 2.62. The third kappa shape index (κ3) is 2.96. The van der Waals surface area contributed by atoms with Gasteiger partial charge in [0, 0.05) is 36.5 Å². The van der Waals surface area contributed by atoms with Gasteiger partial charge < -0.3 is 9.88 Å². The Morgan fingerprint density at radius 3 is 2.82 bits per heavy atom. The van der Waals surface area contributed by atoms with Gasteiger partial charge in [0.05, 0.1) is 28.8 Å². The van der Waals surface area contributed by atoms with Crippen molar-refractivity contribution in [1.82, 2.24) is 24.3 Å². The summed E-state index contributed by atoms with van der Waals surface area (Å²) in [6, 6.07) is 6.06. The van der Waals surface area contributed by atoms with Crippen LogP contribution in [0.2, 0.25) is 0 Å². The van der Waals surface area contributed by atoms with E-state index in [1.807, 2.05) is 6.92 Å². The minimum atomic E-state index is -0.529. The van der Waals surface area contributed by atoms with E-state index in [0.717, 1.165) is 11.1 Å². The summed E-state index contributed by atoms with van der Waals surface area (Å²) < 4.78 is 3.18.